The molecular weight excluding hydrogens is 246 g/mol. The van der Waals surface area contributed by atoms with Gasteiger partial charge in [-0.15, -0.1) is 0 Å². The predicted octanol–water partition coefficient (Wildman–Crippen LogP) is 3.53. The van der Waals surface area contributed by atoms with Gasteiger partial charge in [0.2, 0.25) is 0 Å². The van der Waals surface area contributed by atoms with Crippen LogP contribution >= 0.6 is 0 Å². The van der Waals surface area contributed by atoms with E-state index in [1.54, 1.807) is 13.3 Å². The molecule has 0 unspecified atom stereocenters. The standard InChI is InChI=1S/C17H15N3/c1-19-11-14-10-13(6-8-15(14)18)17-9-7-12-4-2-3-5-16(12)20-17/h2-11H,18H2,1H3/b19-11+. The fraction of sp³-hybridized carbons (Fsp3) is 0.0588. The van der Waals surface area contributed by atoms with E-state index in [1.165, 1.54) is 0 Å². The van der Waals surface area contributed by atoms with E-state index in [4.69, 9.17) is 10.7 Å². The highest BCUT2D eigenvalue weighted by atomic mass is 14.7. The van der Waals surface area contributed by atoms with Gasteiger partial charge >= 0.3 is 0 Å². The van der Waals surface area contributed by atoms with E-state index < -0.39 is 0 Å². The molecule has 0 saturated carbocycles. The average Bonchev–Trinajstić information content (AvgIpc) is 2.49. The van der Waals surface area contributed by atoms with E-state index in [0.29, 0.717) is 0 Å². The summed E-state index contributed by atoms with van der Waals surface area (Å²) in [4.78, 5) is 8.72. The summed E-state index contributed by atoms with van der Waals surface area (Å²) >= 11 is 0. The molecule has 3 heteroatoms. The van der Waals surface area contributed by atoms with Crippen molar-refractivity contribution in [2.75, 3.05) is 12.8 Å². The van der Waals surface area contributed by atoms with Crippen molar-refractivity contribution >= 4 is 22.8 Å². The van der Waals surface area contributed by atoms with E-state index in [2.05, 4.69) is 17.1 Å². The highest BCUT2D eigenvalue weighted by molar-refractivity contribution is 5.89. The van der Waals surface area contributed by atoms with Crippen LogP contribution in [0.4, 0.5) is 5.69 Å². The molecule has 0 aliphatic rings. The Kier molecular flexibility index (Phi) is 3.17. The molecule has 0 spiro atoms. The van der Waals surface area contributed by atoms with Crippen molar-refractivity contribution in [2.24, 2.45) is 4.99 Å². The van der Waals surface area contributed by atoms with Gasteiger partial charge in [0.1, 0.15) is 0 Å². The number of para-hydroxylation sites is 1. The normalized spacial score (nSPS) is 11.2. The fourth-order valence-electron chi connectivity index (χ4n) is 2.21. The summed E-state index contributed by atoms with van der Waals surface area (Å²) in [6, 6.07) is 18.1. The molecule has 3 rings (SSSR count). The lowest BCUT2D eigenvalue weighted by Crippen LogP contribution is -1.94. The minimum Gasteiger partial charge on any atom is -0.398 e. The van der Waals surface area contributed by atoms with E-state index in [-0.39, 0.29) is 0 Å². The summed E-state index contributed by atoms with van der Waals surface area (Å²) in [5, 5.41) is 1.14. The first-order valence-electron chi connectivity index (χ1n) is 6.46. The van der Waals surface area contributed by atoms with Gasteiger partial charge in [-0.1, -0.05) is 30.3 Å². The maximum absolute atomic E-state index is 5.93. The molecule has 0 amide bonds. The maximum atomic E-state index is 5.93. The number of nitrogens with zero attached hydrogens (tertiary/aromatic N) is 2. The van der Waals surface area contributed by atoms with Crippen molar-refractivity contribution in [2.45, 2.75) is 0 Å². The van der Waals surface area contributed by atoms with Crippen LogP contribution in [0.25, 0.3) is 22.2 Å². The lowest BCUT2D eigenvalue weighted by atomic mass is 10.1. The number of nitrogen functional groups attached to an aromatic ring is 1. The molecule has 20 heavy (non-hydrogen) atoms. The average molecular weight is 261 g/mol. The number of hydrogen-bond acceptors (Lipinski definition) is 3. The summed E-state index contributed by atoms with van der Waals surface area (Å²) in [6.07, 6.45) is 1.76. The number of nitrogens with two attached hydrogens (primary N) is 1. The zero-order valence-corrected chi connectivity index (χ0v) is 11.2. The van der Waals surface area contributed by atoms with Crippen molar-refractivity contribution < 1.29 is 0 Å². The first kappa shape index (κ1) is 12.4. The second-order valence-electron chi connectivity index (χ2n) is 4.62. The summed E-state index contributed by atoms with van der Waals surface area (Å²) < 4.78 is 0. The van der Waals surface area contributed by atoms with Crippen molar-refractivity contribution in [3.8, 4) is 11.3 Å². The minimum atomic E-state index is 0.722. The third-order valence-corrected chi connectivity index (χ3v) is 3.25. The molecule has 1 heterocycles. The summed E-state index contributed by atoms with van der Waals surface area (Å²) in [5.74, 6) is 0. The Labute approximate surface area is 117 Å². The lowest BCUT2D eigenvalue weighted by molar-refractivity contribution is 1.39. The third kappa shape index (κ3) is 2.26. The summed E-state index contributed by atoms with van der Waals surface area (Å²) in [7, 11) is 1.74. The van der Waals surface area contributed by atoms with Gasteiger partial charge in [-0.2, -0.15) is 0 Å². The van der Waals surface area contributed by atoms with Gasteiger partial charge in [0.05, 0.1) is 11.2 Å². The fourth-order valence-corrected chi connectivity index (χ4v) is 2.21. The topological polar surface area (TPSA) is 51.3 Å². The monoisotopic (exact) mass is 261 g/mol. The van der Waals surface area contributed by atoms with Gasteiger partial charge in [0.25, 0.3) is 0 Å². The number of fused-ring (bicyclic) bond motifs is 1. The lowest BCUT2D eigenvalue weighted by Gasteiger charge is -2.06. The molecule has 0 bridgehead atoms. The highest BCUT2D eigenvalue weighted by Gasteiger charge is 2.04. The molecule has 0 atom stereocenters. The van der Waals surface area contributed by atoms with Crippen molar-refractivity contribution in [3.05, 3.63) is 60.2 Å². The molecule has 2 aromatic carbocycles. The van der Waals surface area contributed by atoms with Gasteiger partial charge in [0, 0.05) is 35.5 Å². The van der Waals surface area contributed by atoms with E-state index in [0.717, 1.165) is 33.4 Å². The van der Waals surface area contributed by atoms with E-state index in [9.17, 15) is 0 Å². The van der Waals surface area contributed by atoms with Gasteiger partial charge in [-0.3, -0.25) is 4.99 Å². The third-order valence-electron chi connectivity index (χ3n) is 3.25. The molecule has 98 valence electrons. The van der Waals surface area contributed by atoms with Gasteiger partial charge < -0.3 is 5.73 Å². The SMILES string of the molecule is C/N=C/c1cc(-c2ccc3ccccc3n2)ccc1N. The first-order chi connectivity index (χ1) is 9.78. The molecule has 0 aliphatic heterocycles. The molecule has 0 radical (unpaired) electrons. The van der Waals surface area contributed by atoms with Crippen LogP contribution in [-0.2, 0) is 0 Å². The van der Waals surface area contributed by atoms with Crippen LogP contribution in [0.15, 0.2) is 59.6 Å². The first-order valence-corrected chi connectivity index (χ1v) is 6.46. The molecule has 3 aromatic rings. The van der Waals surface area contributed by atoms with Crippen molar-refractivity contribution in [1.82, 2.24) is 4.98 Å². The van der Waals surface area contributed by atoms with Crippen LogP contribution < -0.4 is 5.73 Å². The second kappa shape index (κ2) is 5.13. The number of anilines is 1. The molecule has 3 nitrogen and oxygen atoms in total. The Morgan fingerprint density at radius 1 is 1.05 bits per heavy atom. The van der Waals surface area contributed by atoms with Crippen molar-refractivity contribution in [3.63, 3.8) is 0 Å². The van der Waals surface area contributed by atoms with Crippen LogP contribution in [0.3, 0.4) is 0 Å². The maximum Gasteiger partial charge on any atom is 0.0709 e. The Balaban J connectivity index is 2.12. The Morgan fingerprint density at radius 3 is 2.75 bits per heavy atom. The number of aromatic nitrogens is 1. The van der Waals surface area contributed by atoms with Crippen LogP contribution in [0.5, 0.6) is 0 Å². The molecule has 0 aliphatic carbocycles. The number of rotatable bonds is 2. The minimum absolute atomic E-state index is 0.722. The molecule has 1 aromatic heterocycles. The van der Waals surface area contributed by atoms with Crippen LogP contribution in [0.1, 0.15) is 5.56 Å². The molecule has 0 fully saturated rings. The molecule has 2 N–H and O–H groups in total. The van der Waals surface area contributed by atoms with E-state index >= 15 is 0 Å². The van der Waals surface area contributed by atoms with Gasteiger partial charge in [-0.05, 0) is 24.3 Å². The number of hydrogen-bond donors (Lipinski definition) is 1. The Hall–Kier alpha value is -2.68. The molecule has 0 saturated heterocycles. The zero-order chi connectivity index (χ0) is 13.9. The largest absolute Gasteiger partial charge is 0.398 e. The predicted molar refractivity (Wildman–Crippen MR) is 85.1 cm³/mol. The molecular formula is C17H15N3. The summed E-state index contributed by atoms with van der Waals surface area (Å²) in [6.45, 7) is 0. The van der Waals surface area contributed by atoms with Crippen LogP contribution in [-0.4, -0.2) is 18.2 Å². The zero-order valence-electron chi connectivity index (χ0n) is 11.2. The summed E-state index contributed by atoms with van der Waals surface area (Å²) in [5.41, 5.74) is 10.5. The Bertz CT molecular complexity index is 791. The van der Waals surface area contributed by atoms with Crippen molar-refractivity contribution in [1.29, 1.82) is 0 Å². The highest BCUT2D eigenvalue weighted by Crippen LogP contribution is 2.23. The number of benzene rings is 2. The Morgan fingerprint density at radius 2 is 1.90 bits per heavy atom. The number of pyridine rings is 1. The quantitative estimate of drug-likeness (QED) is 0.566. The van der Waals surface area contributed by atoms with E-state index in [1.807, 2.05) is 42.5 Å². The van der Waals surface area contributed by atoms with Crippen LogP contribution in [0.2, 0.25) is 0 Å². The van der Waals surface area contributed by atoms with Crippen LogP contribution in [0, 0.1) is 0 Å². The van der Waals surface area contributed by atoms with Gasteiger partial charge in [0.15, 0.2) is 0 Å². The van der Waals surface area contributed by atoms with Gasteiger partial charge in [-0.25, -0.2) is 4.98 Å². The number of aliphatic imine (C=N–C) groups is 1. The second-order valence-corrected chi connectivity index (χ2v) is 4.62. The smallest absolute Gasteiger partial charge is 0.0709 e.